The van der Waals surface area contributed by atoms with Crippen LogP contribution in [0.2, 0.25) is 5.02 Å². The quantitative estimate of drug-likeness (QED) is 0.535. The van der Waals surface area contributed by atoms with E-state index in [2.05, 4.69) is 5.32 Å². The Morgan fingerprint density at radius 2 is 1.85 bits per heavy atom. The highest BCUT2D eigenvalue weighted by atomic mass is 35.5. The number of nitrogens with two attached hydrogens (primary N) is 1. The van der Waals surface area contributed by atoms with Gasteiger partial charge in [-0.15, -0.1) is 23.1 Å². The summed E-state index contributed by atoms with van der Waals surface area (Å²) < 4.78 is 5.21. The Bertz CT molecular complexity index is 807. The van der Waals surface area contributed by atoms with Crippen LogP contribution >= 0.6 is 34.7 Å². The van der Waals surface area contributed by atoms with Crippen LogP contribution in [0.3, 0.4) is 0 Å². The first kappa shape index (κ1) is 20.3. The molecule has 0 unspecified atom stereocenters. The first-order chi connectivity index (χ1) is 12.3. The van der Waals surface area contributed by atoms with Gasteiger partial charge >= 0.3 is 5.97 Å². The normalized spacial score (nSPS) is 12.9. The maximum Gasteiger partial charge on any atom is 0.319 e. The lowest BCUT2D eigenvalue weighted by molar-refractivity contribution is -0.152. The summed E-state index contributed by atoms with van der Waals surface area (Å²) in [5, 5.41) is 4.62. The zero-order chi connectivity index (χ0) is 19.3. The van der Waals surface area contributed by atoms with Crippen LogP contribution in [0.25, 0.3) is 0 Å². The van der Waals surface area contributed by atoms with E-state index in [1.165, 1.54) is 24.8 Å². The van der Waals surface area contributed by atoms with Crippen molar-refractivity contribution in [2.24, 2.45) is 5.73 Å². The van der Waals surface area contributed by atoms with E-state index in [4.69, 9.17) is 22.1 Å². The summed E-state index contributed by atoms with van der Waals surface area (Å²) in [4.78, 5) is 36.5. The van der Waals surface area contributed by atoms with E-state index in [1.54, 1.807) is 36.6 Å². The third-order valence-electron chi connectivity index (χ3n) is 3.29. The molecule has 0 aliphatic heterocycles. The van der Waals surface area contributed by atoms with Gasteiger partial charge in [-0.3, -0.25) is 14.4 Å². The Balaban J connectivity index is 1.90. The highest BCUT2D eigenvalue weighted by molar-refractivity contribution is 8.00. The van der Waals surface area contributed by atoms with Crippen molar-refractivity contribution in [1.29, 1.82) is 0 Å². The molecule has 1 aromatic carbocycles. The Morgan fingerprint density at radius 3 is 2.46 bits per heavy atom. The molecule has 0 saturated heterocycles. The van der Waals surface area contributed by atoms with Crippen molar-refractivity contribution < 1.29 is 19.1 Å². The van der Waals surface area contributed by atoms with Gasteiger partial charge in [-0.25, -0.2) is 0 Å². The molecule has 2 aromatic rings. The van der Waals surface area contributed by atoms with Gasteiger partial charge in [0.15, 0.2) is 6.10 Å². The fourth-order valence-electron chi connectivity index (χ4n) is 1.90. The van der Waals surface area contributed by atoms with Crippen LogP contribution in [0.4, 0.5) is 5.00 Å². The smallest absolute Gasteiger partial charge is 0.319 e. The first-order valence-electron chi connectivity index (χ1n) is 7.58. The maximum atomic E-state index is 12.2. The molecular formula is C17H17ClN2O4S2. The summed E-state index contributed by atoms with van der Waals surface area (Å²) in [6.07, 6.45) is -1.02. The minimum absolute atomic E-state index is 0.216. The first-order valence-corrected chi connectivity index (χ1v) is 9.72. The Kier molecular flexibility index (Phi) is 7.07. The molecule has 2 atom stereocenters. The highest BCUT2D eigenvalue weighted by Gasteiger charge is 2.24. The van der Waals surface area contributed by atoms with Crippen LogP contribution in [0.5, 0.6) is 0 Å². The largest absolute Gasteiger partial charge is 0.452 e. The molecule has 9 heteroatoms. The molecule has 0 bridgehead atoms. The minimum atomic E-state index is -1.02. The predicted octanol–water partition coefficient (Wildman–Crippen LogP) is 3.55. The third-order valence-corrected chi connectivity index (χ3v) is 5.46. The van der Waals surface area contributed by atoms with Crippen LogP contribution in [0, 0.1) is 0 Å². The number of halogens is 1. The van der Waals surface area contributed by atoms with Crippen molar-refractivity contribution in [2.75, 3.05) is 5.32 Å². The second kappa shape index (κ2) is 9.07. The molecule has 0 spiro atoms. The van der Waals surface area contributed by atoms with Gasteiger partial charge in [-0.2, -0.15) is 0 Å². The van der Waals surface area contributed by atoms with Crippen molar-refractivity contribution in [3.63, 3.8) is 0 Å². The van der Waals surface area contributed by atoms with Gasteiger partial charge in [0, 0.05) is 9.92 Å². The second-order valence-corrected chi connectivity index (χ2v) is 8.08. The van der Waals surface area contributed by atoms with Crippen LogP contribution in [0.1, 0.15) is 24.2 Å². The molecule has 2 rings (SSSR count). The van der Waals surface area contributed by atoms with E-state index in [0.29, 0.717) is 10.0 Å². The lowest BCUT2D eigenvalue weighted by atomic mass is 10.3. The molecule has 138 valence electrons. The number of carbonyl (C=O) groups excluding carboxylic acids is 3. The minimum Gasteiger partial charge on any atom is -0.452 e. The number of ether oxygens (including phenoxy) is 1. The van der Waals surface area contributed by atoms with Crippen molar-refractivity contribution in [3.8, 4) is 0 Å². The number of thioether (sulfide) groups is 1. The summed E-state index contributed by atoms with van der Waals surface area (Å²) >= 11 is 8.30. The molecular weight excluding hydrogens is 396 g/mol. The Labute approximate surface area is 164 Å². The average Bonchev–Trinajstić information content (AvgIpc) is 3.05. The fourth-order valence-corrected chi connectivity index (χ4v) is 3.68. The van der Waals surface area contributed by atoms with Gasteiger partial charge in [0.1, 0.15) is 10.3 Å². The molecule has 1 aromatic heterocycles. The summed E-state index contributed by atoms with van der Waals surface area (Å²) in [6, 6.07) is 8.58. The van der Waals surface area contributed by atoms with Crippen LogP contribution in [0.15, 0.2) is 40.6 Å². The monoisotopic (exact) mass is 412 g/mol. The number of primary amides is 1. The lowest BCUT2D eigenvalue weighted by Crippen LogP contribution is -2.32. The molecule has 1 heterocycles. The van der Waals surface area contributed by atoms with Crippen molar-refractivity contribution >= 4 is 57.5 Å². The molecule has 0 aliphatic carbocycles. The number of amides is 2. The van der Waals surface area contributed by atoms with Crippen molar-refractivity contribution in [1.82, 2.24) is 0 Å². The van der Waals surface area contributed by atoms with E-state index in [-0.39, 0.29) is 5.56 Å². The third kappa shape index (κ3) is 5.48. The number of benzene rings is 1. The number of hydrogen-bond acceptors (Lipinski definition) is 6. The zero-order valence-corrected chi connectivity index (χ0v) is 16.4. The van der Waals surface area contributed by atoms with E-state index in [1.807, 2.05) is 0 Å². The second-order valence-electron chi connectivity index (χ2n) is 5.31. The molecule has 26 heavy (non-hydrogen) atoms. The summed E-state index contributed by atoms with van der Waals surface area (Å²) in [7, 11) is 0. The highest BCUT2D eigenvalue weighted by Crippen LogP contribution is 2.26. The fraction of sp³-hybridized carbons (Fsp3) is 0.235. The van der Waals surface area contributed by atoms with E-state index >= 15 is 0 Å². The number of anilines is 1. The summed E-state index contributed by atoms with van der Waals surface area (Å²) in [5.74, 6) is -1.69. The van der Waals surface area contributed by atoms with Gasteiger partial charge in [-0.1, -0.05) is 11.6 Å². The maximum absolute atomic E-state index is 12.2. The molecule has 0 saturated carbocycles. The van der Waals surface area contributed by atoms with Gasteiger partial charge in [0.05, 0.1) is 5.56 Å². The van der Waals surface area contributed by atoms with Gasteiger partial charge in [-0.05, 0) is 49.6 Å². The molecule has 3 N–H and O–H groups in total. The number of esters is 1. The van der Waals surface area contributed by atoms with Crippen molar-refractivity contribution in [2.45, 2.75) is 30.1 Å². The summed E-state index contributed by atoms with van der Waals surface area (Å²) in [5.41, 5.74) is 5.45. The van der Waals surface area contributed by atoms with Gasteiger partial charge < -0.3 is 15.8 Å². The van der Waals surface area contributed by atoms with Gasteiger partial charge in [0.2, 0.25) is 0 Å². The predicted molar refractivity (Wildman–Crippen MR) is 104 cm³/mol. The SMILES string of the molecule is C[C@@H](OC(=O)[C@@H](C)Sc1ccc(Cl)cc1)C(=O)Nc1sccc1C(N)=O. The number of hydrogen-bond donors (Lipinski definition) is 2. The number of carbonyl (C=O) groups is 3. The number of thiophene rings is 1. The standard InChI is InChI=1S/C17H17ClN2O4S2/c1-9(15(22)20-16-13(14(19)21)7-8-25-16)24-17(23)10(2)26-12-5-3-11(18)4-6-12/h3-10H,1-2H3,(H2,19,21)(H,20,22)/t9-,10-/m1/s1. The van der Waals surface area contributed by atoms with Gasteiger partial charge in [0.25, 0.3) is 11.8 Å². The molecule has 0 aliphatic rings. The average molecular weight is 413 g/mol. The topological polar surface area (TPSA) is 98.5 Å². The molecule has 6 nitrogen and oxygen atoms in total. The zero-order valence-electron chi connectivity index (χ0n) is 14.0. The Hall–Kier alpha value is -2.03. The lowest BCUT2D eigenvalue weighted by Gasteiger charge is -2.16. The van der Waals surface area contributed by atoms with Crippen molar-refractivity contribution in [3.05, 3.63) is 46.3 Å². The Morgan fingerprint density at radius 1 is 1.19 bits per heavy atom. The molecule has 0 fully saturated rings. The molecule has 2 amide bonds. The number of nitrogens with one attached hydrogen (secondary N) is 1. The van der Waals surface area contributed by atoms with E-state index < -0.39 is 29.1 Å². The van der Waals surface area contributed by atoms with Crippen LogP contribution in [-0.2, 0) is 14.3 Å². The van der Waals surface area contributed by atoms with Crippen LogP contribution < -0.4 is 11.1 Å². The van der Waals surface area contributed by atoms with Crippen LogP contribution in [-0.4, -0.2) is 29.1 Å². The van der Waals surface area contributed by atoms with E-state index in [0.717, 1.165) is 16.2 Å². The van der Waals surface area contributed by atoms with E-state index in [9.17, 15) is 14.4 Å². The molecule has 0 radical (unpaired) electrons. The summed E-state index contributed by atoms with van der Waals surface area (Å²) in [6.45, 7) is 3.15. The number of rotatable bonds is 7.